The Hall–Kier alpha value is -1.32. The van der Waals surface area contributed by atoms with Gasteiger partial charge in [0.25, 0.3) is 5.91 Å². The van der Waals surface area contributed by atoms with Crippen LogP contribution in [0.1, 0.15) is 24.2 Å². The fourth-order valence-corrected chi connectivity index (χ4v) is 1.23. The normalized spacial score (nSPS) is 19.1. The predicted molar refractivity (Wildman–Crippen MR) is 42.3 cm³/mol. The van der Waals surface area contributed by atoms with Gasteiger partial charge in [-0.2, -0.15) is 9.78 Å². The van der Waals surface area contributed by atoms with E-state index >= 15 is 0 Å². The summed E-state index contributed by atoms with van der Waals surface area (Å²) in [5.74, 6) is 0.468. The third-order valence-electron chi connectivity index (χ3n) is 1.96. The van der Waals surface area contributed by atoms with Crippen molar-refractivity contribution in [3.05, 3.63) is 11.8 Å². The molecule has 2 heterocycles. The molecule has 0 amide bonds. The Kier molecular flexibility index (Phi) is 1.15. The third kappa shape index (κ3) is 0.719. The molecule has 0 aromatic carbocycles. The van der Waals surface area contributed by atoms with E-state index in [0.717, 1.165) is 5.56 Å². The first-order valence-corrected chi connectivity index (χ1v) is 3.81. The maximum atomic E-state index is 11.5. The van der Waals surface area contributed by atoms with Crippen LogP contribution < -0.4 is 4.74 Å². The van der Waals surface area contributed by atoms with Crippen molar-refractivity contribution < 1.29 is 9.53 Å². The van der Waals surface area contributed by atoms with E-state index in [1.807, 2.05) is 6.92 Å². The topological polar surface area (TPSA) is 44.1 Å². The highest BCUT2D eigenvalue weighted by molar-refractivity contribution is 5.90. The monoisotopic (exact) mass is 166 g/mol. The summed E-state index contributed by atoms with van der Waals surface area (Å²) in [7, 11) is 0. The Labute approximate surface area is 70.1 Å². The SMILES string of the molecule is Cc1cnn2c1OC(C)(C)C2=O. The van der Waals surface area contributed by atoms with Crippen molar-refractivity contribution in [3.63, 3.8) is 0 Å². The molecule has 0 saturated heterocycles. The van der Waals surface area contributed by atoms with E-state index in [9.17, 15) is 4.79 Å². The number of ether oxygens (including phenoxy) is 1. The molecule has 0 unspecified atom stereocenters. The van der Waals surface area contributed by atoms with Gasteiger partial charge in [0.2, 0.25) is 5.88 Å². The largest absolute Gasteiger partial charge is 0.461 e. The van der Waals surface area contributed by atoms with E-state index in [0.29, 0.717) is 5.88 Å². The molecule has 0 atom stereocenters. The molecule has 12 heavy (non-hydrogen) atoms. The van der Waals surface area contributed by atoms with Gasteiger partial charge < -0.3 is 4.74 Å². The molecule has 4 nitrogen and oxygen atoms in total. The van der Waals surface area contributed by atoms with Gasteiger partial charge >= 0.3 is 0 Å². The number of carbonyl (C=O) groups excluding carboxylic acids is 1. The van der Waals surface area contributed by atoms with E-state index in [-0.39, 0.29) is 5.91 Å². The summed E-state index contributed by atoms with van der Waals surface area (Å²) in [5.41, 5.74) is 0.142. The minimum Gasteiger partial charge on any atom is -0.461 e. The minimum absolute atomic E-state index is 0.106. The zero-order valence-electron chi connectivity index (χ0n) is 7.29. The van der Waals surface area contributed by atoms with Gasteiger partial charge in [-0.25, -0.2) is 0 Å². The van der Waals surface area contributed by atoms with Gasteiger partial charge in [-0.15, -0.1) is 0 Å². The lowest BCUT2D eigenvalue weighted by molar-refractivity contribution is 0.0638. The van der Waals surface area contributed by atoms with Crippen LogP contribution in [0, 0.1) is 6.92 Å². The van der Waals surface area contributed by atoms with Gasteiger partial charge in [0, 0.05) is 5.56 Å². The first kappa shape index (κ1) is 7.34. The maximum absolute atomic E-state index is 11.5. The summed E-state index contributed by atoms with van der Waals surface area (Å²) in [4.78, 5) is 11.5. The molecule has 0 saturated carbocycles. The Bertz CT molecular complexity index is 352. The average molecular weight is 166 g/mol. The molecule has 0 spiro atoms. The number of hydrogen-bond acceptors (Lipinski definition) is 3. The van der Waals surface area contributed by atoms with Crippen molar-refractivity contribution in [2.75, 3.05) is 0 Å². The number of nitrogens with zero attached hydrogens (tertiary/aromatic N) is 2. The van der Waals surface area contributed by atoms with E-state index in [2.05, 4.69) is 5.10 Å². The summed E-state index contributed by atoms with van der Waals surface area (Å²) >= 11 is 0. The van der Waals surface area contributed by atoms with Crippen LogP contribution in [0.5, 0.6) is 5.88 Å². The van der Waals surface area contributed by atoms with Crippen LogP contribution in [0.3, 0.4) is 0 Å². The minimum atomic E-state index is -0.756. The van der Waals surface area contributed by atoms with Crippen LogP contribution in [0.4, 0.5) is 0 Å². The van der Waals surface area contributed by atoms with Crippen molar-refractivity contribution in [2.24, 2.45) is 0 Å². The van der Waals surface area contributed by atoms with Crippen molar-refractivity contribution in [2.45, 2.75) is 26.4 Å². The van der Waals surface area contributed by atoms with Crippen LogP contribution >= 0.6 is 0 Å². The molecule has 64 valence electrons. The van der Waals surface area contributed by atoms with Crippen LogP contribution in [0.2, 0.25) is 0 Å². The molecule has 0 bridgehead atoms. The Balaban J connectivity index is 2.57. The Morgan fingerprint density at radius 1 is 1.58 bits per heavy atom. The predicted octanol–water partition coefficient (Wildman–Crippen LogP) is 1.00. The molecule has 0 radical (unpaired) electrons. The van der Waals surface area contributed by atoms with E-state index in [4.69, 9.17) is 4.74 Å². The zero-order chi connectivity index (χ0) is 8.93. The summed E-state index contributed by atoms with van der Waals surface area (Å²) in [6, 6.07) is 0. The van der Waals surface area contributed by atoms with E-state index in [1.165, 1.54) is 4.68 Å². The number of aromatic nitrogens is 2. The second-order valence-corrected chi connectivity index (χ2v) is 3.46. The fraction of sp³-hybridized carbons (Fsp3) is 0.500. The van der Waals surface area contributed by atoms with E-state index < -0.39 is 5.60 Å². The summed E-state index contributed by atoms with van der Waals surface area (Å²) in [6.07, 6.45) is 1.63. The molecule has 0 aliphatic carbocycles. The molecule has 2 rings (SSSR count). The molecular weight excluding hydrogens is 156 g/mol. The van der Waals surface area contributed by atoms with Crippen LogP contribution in [0.15, 0.2) is 6.20 Å². The first-order chi connectivity index (χ1) is 5.52. The molecule has 4 heteroatoms. The smallest absolute Gasteiger partial charge is 0.293 e. The number of hydrogen-bond donors (Lipinski definition) is 0. The molecule has 0 N–H and O–H groups in total. The summed E-state index contributed by atoms with van der Waals surface area (Å²) in [5, 5.41) is 3.92. The van der Waals surface area contributed by atoms with Crippen molar-refractivity contribution in [3.8, 4) is 5.88 Å². The van der Waals surface area contributed by atoms with Crippen LogP contribution in [-0.4, -0.2) is 21.3 Å². The quantitative estimate of drug-likeness (QED) is 0.577. The lowest BCUT2D eigenvalue weighted by atomic mass is 10.1. The summed E-state index contributed by atoms with van der Waals surface area (Å²) < 4.78 is 6.74. The van der Waals surface area contributed by atoms with Gasteiger partial charge in [0.05, 0.1) is 6.20 Å². The fourth-order valence-electron chi connectivity index (χ4n) is 1.23. The number of fused-ring (bicyclic) bond motifs is 1. The van der Waals surface area contributed by atoms with Crippen molar-refractivity contribution >= 4 is 5.91 Å². The molecule has 0 fully saturated rings. The average Bonchev–Trinajstić information content (AvgIpc) is 2.40. The van der Waals surface area contributed by atoms with E-state index in [1.54, 1.807) is 20.0 Å². The Morgan fingerprint density at radius 3 is 2.83 bits per heavy atom. The first-order valence-electron chi connectivity index (χ1n) is 3.81. The van der Waals surface area contributed by atoms with Gasteiger partial charge in [0.15, 0.2) is 5.60 Å². The highest BCUT2D eigenvalue weighted by Crippen LogP contribution is 2.30. The number of carbonyl (C=O) groups is 1. The lowest BCUT2D eigenvalue weighted by Gasteiger charge is -2.13. The number of rotatable bonds is 0. The van der Waals surface area contributed by atoms with Crippen LogP contribution in [-0.2, 0) is 0 Å². The highest BCUT2D eigenvalue weighted by Gasteiger charge is 2.41. The summed E-state index contributed by atoms with van der Waals surface area (Å²) in [6.45, 7) is 5.35. The molecule has 1 aromatic rings. The molecule has 1 aromatic heterocycles. The van der Waals surface area contributed by atoms with Gasteiger partial charge in [-0.1, -0.05) is 0 Å². The zero-order valence-corrected chi connectivity index (χ0v) is 7.29. The van der Waals surface area contributed by atoms with Gasteiger partial charge in [-0.3, -0.25) is 4.79 Å². The molecule has 1 aliphatic heterocycles. The second kappa shape index (κ2) is 1.88. The van der Waals surface area contributed by atoms with Crippen molar-refractivity contribution in [1.29, 1.82) is 0 Å². The molecule has 1 aliphatic rings. The molecular formula is C8H10N2O2. The third-order valence-corrected chi connectivity index (χ3v) is 1.96. The van der Waals surface area contributed by atoms with Crippen LogP contribution in [0.25, 0.3) is 0 Å². The maximum Gasteiger partial charge on any atom is 0.293 e. The van der Waals surface area contributed by atoms with Gasteiger partial charge in [0.1, 0.15) is 0 Å². The van der Waals surface area contributed by atoms with Gasteiger partial charge in [-0.05, 0) is 20.8 Å². The highest BCUT2D eigenvalue weighted by atomic mass is 16.5. The second-order valence-electron chi connectivity index (χ2n) is 3.46. The lowest BCUT2D eigenvalue weighted by Crippen LogP contribution is -2.34. The standard InChI is InChI=1S/C8H10N2O2/c1-5-4-9-10-6(5)12-8(2,3)7(10)11/h4H,1-3H3. The Morgan fingerprint density at radius 2 is 2.25 bits per heavy atom. The number of aryl methyl sites for hydroxylation is 1. The van der Waals surface area contributed by atoms with Crippen molar-refractivity contribution in [1.82, 2.24) is 9.78 Å².